The number of morpholine rings is 1. The van der Waals surface area contributed by atoms with Gasteiger partial charge in [0.1, 0.15) is 0 Å². The summed E-state index contributed by atoms with van der Waals surface area (Å²) in [4.78, 5) is 23.2. The number of nitrogens with zero attached hydrogens (tertiary/aromatic N) is 3. The fourth-order valence-corrected chi connectivity index (χ4v) is 3.99. The predicted octanol–water partition coefficient (Wildman–Crippen LogP) is 4.45. The Kier molecular flexibility index (Phi) is 6.06. The maximum atomic E-state index is 11.6. The van der Waals surface area contributed by atoms with Gasteiger partial charge in [-0.1, -0.05) is 30.3 Å². The minimum absolute atomic E-state index is 0.483. The predicted molar refractivity (Wildman–Crippen MR) is 135 cm³/mol. The van der Waals surface area contributed by atoms with Crippen molar-refractivity contribution in [3.05, 3.63) is 72.9 Å². The molecule has 0 aliphatic carbocycles. The van der Waals surface area contributed by atoms with Crippen LogP contribution < -0.4 is 15.5 Å². The zero-order valence-electron chi connectivity index (χ0n) is 18.5. The van der Waals surface area contributed by atoms with Gasteiger partial charge in [-0.3, -0.25) is 4.79 Å². The van der Waals surface area contributed by atoms with Gasteiger partial charge in [-0.05, 0) is 47.9 Å². The molecule has 1 amide bonds. The van der Waals surface area contributed by atoms with E-state index in [-0.39, 0.29) is 0 Å². The molecule has 1 aliphatic heterocycles. The van der Waals surface area contributed by atoms with E-state index < -0.39 is 5.91 Å². The first-order chi connectivity index (χ1) is 16.7. The van der Waals surface area contributed by atoms with E-state index in [1.807, 2.05) is 48.5 Å². The second kappa shape index (κ2) is 9.61. The minimum atomic E-state index is -0.483. The molecule has 0 atom stereocenters. The van der Waals surface area contributed by atoms with Gasteiger partial charge in [0, 0.05) is 47.3 Å². The quantitative estimate of drug-likeness (QED) is 0.439. The van der Waals surface area contributed by atoms with Crippen molar-refractivity contribution >= 4 is 39.8 Å². The Bertz CT molecular complexity index is 1370. The third-order valence-electron chi connectivity index (χ3n) is 5.67. The summed E-state index contributed by atoms with van der Waals surface area (Å²) in [7, 11) is 0. The van der Waals surface area contributed by atoms with E-state index in [0.29, 0.717) is 11.6 Å². The lowest BCUT2D eigenvalue weighted by Gasteiger charge is -2.28. The molecule has 0 bridgehead atoms. The van der Waals surface area contributed by atoms with Gasteiger partial charge in [0.25, 0.3) is 5.91 Å². The van der Waals surface area contributed by atoms with E-state index in [9.17, 15) is 4.79 Å². The van der Waals surface area contributed by atoms with Crippen molar-refractivity contribution in [2.45, 2.75) is 0 Å². The van der Waals surface area contributed by atoms with Crippen LogP contribution in [0.2, 0.25) is 0 Å². The molecule has 0 unspecified atom stereocenters. The van der Waals surface area contributed by atoms with Gasteiger partial charge in [0.05, 0.1) is 18.7 Å². The van der Waals surface area contributed by atoms with E-state index >= 15 is 0 Å². The Morgan fingerprint density at radius 1 is 1.00 bits per heavy atom. The Morgan fingerprint density at radius 3 is 2.59 bits per heavy atom. The van der Waals surface area contributed by atoms with Crippen LogP contribution in [0.1, 0.15) is 0 Å². The van der Waals surface area contributed by atoms with Crippen LogP contribution in [0.25, 0.3) is 22.0 Å². The largest absolute Gasteiger partial charge is 0.378 e. The molecule has 0 spiro atoms. The molecule has 2 N–H and O–H groups in total. The number of anilines is 4. The number of carbonyl (C=O) groups excluding carboxylic acids is 1. The summed E-state index contributed by atoms with van der Waals surface area (Å²) in [6.07, 6.45) is 6.98. The molecule has 1 aromatic heterocycles. The molecular weight excluding hydrogens is 426 g/mol. The first kappa shape index (κ1) is 21.4. The van der Waals surface area contributed by atoms with E-state index in [1.54, 1.807) is 12.3 Å². The van der Waals surface area contributed by atoms with Crippen LogP contribution >= 0.6 is 0 Å². The standard InChI is InChI=1S/C27H23N5O2/c1-2-25(33)29-22-7-3-5-19(17-22)24-8-4-6-20-18-28-27(31-26(20)24)30-21-9-11-23(12-10-21)32-13-15-34-16-14-32/h1,3-12,17-18H,13-16H2,(H,29,33)(H,28,30,31). The summed E-state index contributed by atoms with van der Waals surface area (Å²) in [6.45, 7) is 3.31. The molecule has 0 radical (unpaired) electrons. The summed E-state index contributed by atoms with van der Waals surface area (Å²) < 4.78 is 5.43. The monoisotopic (exact) mass is 449 g/mol. The Hall–Kier alpha value is -4.41. The molecule has 5 rings (SSSR count). The first-order valence-corrected chi connectivity index (χ1v) is 11.0. The topological polar surface area (TPSA) is 79.4 Å². The van der Waals surface area contributed by atoms with Crippen molar-refractivity contribution in [2.24, 2.45) is 0 Å². The van der Waals surface area contributed by atoms with Crippen LogP contribution in [0.5, 0.6) is 0 Å². The number of hydrogen-bond acceptors (Lipinski definition) is 6. The lowest BCUT2D eigenvalue weighted by atomic mass is 10.0. The molecule has 7 heteroatoms. The number of amides is 1. The molecule has 3 aromatic carbocycles. The number of nitrogens with one attached hydrogen (secondary N) is 2. The van der Waals surface area contributed by atoms with E-state index in [2.05, 4.69) is 38.6 Å². The number of fused-ring (bicyclic) bond motifs is 1. The number of rotatable bonds is 5. The van der Waals surface area contributed by atoms with Crippen molar-refractivity contribution in [1.82, 2.24) is 9.97 Å². The number of para-hydroxylation sites is 1. The van der Waals surface area contributed by atoms with Crippen molar-refractivity contribution in [2.75, 3.05) is 41.8 Å². The number of ether oxygens (including phenoxy) is 1. The van der Waals surface area contributed by atoms with Crippen LogP contribution in [-0.2, 0) is 9.53 Å². The number of aromatic nitrogens is 2. The summed E-state index contributed by atoms with van der Waals surface area (Å²) in [5.41, 5.74) is 5.37. The van der Waals surface area contributed by atoms with E-state index in [4.69, 9.17) is 16.1 Å². The molecule has 1 saturated heterocycles. The minimum Gasteiger partial charge on any atom is -0.378 e. The summed E-state index contributed by atoms with van der Waals surface area (Å²) in [5.74, 6) is 2.09. The highest BCUT2D eigenvalue weighted by Crippen LogP contribution is 2.30. The van der Waals surface area contributed by atoms with Crippen LogP contribution in [-0.4, -0.2) is 42.2 Å². The molecule has 4 aromatic rings. The van der Waals surface area contributed by atoms with Crippen molar-refractivity contribution in [3.63, 3.8) is 0 Å². The zero-order valence-corrected chi connectivity index (χ0v) is 18.5. The smallest absolute Gasteiger partial charge is 0.300 e. The van der Waals surface area contributed by atoms with Gasteiger partial charge in [-0.2, -0.15) is 0 Å². The first-order valence-electron chi connectivity index (χ1n) is 11.0. The maximum absolute atomic E-state index is 11.6. The van der Waals surface area contributed by atoms with Crippen LogP contribution in [0, 0.1) is 12.3 Å². The van der Waals surface area contributed by atoms with Gasteiger partial charge < -0.3 is 20.3 Å². The van der Waals surface area contributed by atoms with E-state index in [1.165, 1.54) is 5.69 Å². The fraction of sp³-hybridized carbons (Fsp3) is 0.148. The SMILES string of the molecule is C#CC(=O)Nc1cccc(-c2cccc3cnc(Nc4ccc(N5CCOCC5)cc4)nc23)c1. The fourth-order valence-electron chi connectivity index (χ4n) is 3.99. The third kappa shape index (κ3) is 4.68. The van der Waals surface area contributed by atoms with Gasteiger partial charge in [-0.25, -0.2) is 9.97 Å². The molecule has 1 fully saturated rings. The number of benzene rings is 3. The normalized spacial score (nSPS) is 13.3. The van der Waals surface area contributed by atoms with Crippen LogP contribution in [0.4, 0.5) is 23.0 Å². The molecule has 0 saturated carbocycles. The van der Waals surface area contributed by atoms with Gasteiger partial charge in [0.15, 0.2) is 0 Å². The summed E-state index contributed by atoms with van der Waals surface area (Å²) in [5, 5.41) is 6.92. The zero-order chi connectivity index (χ0) is 23.3. The van der Waals surface area contributed by atoms with Crippen molar-refractivity contribution < 1.29 is 9.53 Å². The highest BCUT2D eigenvalue weighted by Gasteiger charge is 2.12. The van der Waals surface area contributed by atoms with Gasteiger partial charge in [0.2, 0.25) is 5.95 Å². The Morgan fingerprint density at radius 2 is 1.79 bits per heavy atom. The van der Waals surface area contributed by atoms with Crippen LogP contribution in [0.3, 0.4) is 0 Å². The summed E-state index contributed by atoms with van der Waals surface area (Å²) >= 11 is 0. The number of carbonyl (C=O) groups is 1. The molecular formula is C27H23N5O2. The van der Waals surface area contributed by atoms with Crippen molar-refractivity contribution in [3.8, 4) is 23.5 Å². The van der Waals surface area contributed by atoms with Gasteiger partial charge in [-0.15, -0.1) is 6.42 Å². The van der Waals surface area contributed by atoms with Gasteiger partial charge >= 0.3 is 0 Å². The van der Waals surface area contributed by atoms with Crippen molar-refractivity contribution in [1.29, 1.82) is 0 Å². The lowest BCUT2D eigenvalue weighted by molar-refractivity contribution is -0.111. The number of terminal acetylenes is 1. The molecule has 7 nitrogen and oxygen atoms in total. The highest BCUT2D eigenvalue weighted by molar-refractivity contribution is 6.04. The molecule has 1 aliphatic rings. The second-order valence-corrected chi connectivity index (χ2v) is 7.89. The molecule has 168 valence electrons. The molecule has 34 heavy (non-hydrogen) atoms. The average Bonchev–Trinajstić information content (AvgIpc) is 2.89. The van der Waals surface area contributed by atoms with Crippen LogP contribution in [0.15, 0.2) is 72.9 Å². The summed E-state index contributed by atoms with van der Waals surface area (Å²) in [6, 6.07) is 21.7. The third-order valence-corrected chi connectivity index (χ3v) is 5.67. The lowest BCUT2D eigenvalue weighted by Crippen LogP contribution is -2.36. The maximum Gasteiger partial charge on any atom is 0.300 e. The Labute approximate surface area is 197 Å². The average molecular weight is 450 g/mol. The Balaban J connectivity index is 1.41. The molecule has 2 heterocycles. The highest BCUT2D eigenvalue weighted by atomic mass is 16.5. The second-order valence-electron chi connectivity index (χ2n) is 7.89. The number of hydrogen-bond donors (Lipinski definition) is 2. The van der Waals surface area contributed by atoms with E-state index in [0.717, 1.165) is 54.0 Å².